The van der Waals surface area contributed by atoms with Crippen molar-refractivity contribution >= 4 is 5.97 Å². The highest BCUT2D eigenvalue weighted by molar-refractivity contribution is 5.69. The van der Waals surface area contributed by atoms with Crippen molar-refractivity contribution < 1.29 is 14.6 Å². The van der Waals surface area contributed by atoms with Crippen LogP contribution in [0.5, 0.6) is 0 Å². The Morgan fingerprint density at radius 1 is 1.40 bits per heavy atom. The first-order valence-corrected chi connectivity index (χ1v) is 5.71. The Morgan fingerprint density at radius 3 is 2.47 bits per heavy atom. The predicted molar refractivity (Wildman–Crippen MR) is 60.6 cm³/mol. The highest BCUT2D eigenvalue weighted by atomic mass is 16.5. The molecule has 0 aromatic rings. The van der Waals surface area contributed by atoms with Crippen molar-refractivity contribution in [2.45, 2.75) is 59.5 Å². The van der Waals surface area contributed by atoms with Gasteiger partial charge in [-0.2, -0.15) is 0 Å². The Hall–Kier alpha value is -0.570. The summed E-state index contributed by atoms with van der Waals surface area (Å²) in [7, 11) is 0. The third kappa shape index (κ3) is 7.37. The normalized spacial score (nSPS) is 13.7. The Balaban J connectivity index is 3.62. The minimum Gasteiger partial charge on any atom is -0.466 e. The van der Waals surface area contributed by atoms with Gasteiger partial charge >= 0.3 is 5.97 Å². The Kier molecular flexibility index (Phi) is 6.57. The molecule has 15 heavy (non-hydrogen) atoms. The molecule has 1 atom stereocenters. The number of ether oxygens (including phenoxy) is 1. The first-order valence-electron chi connectivity index (χ1n) is 5.71. The fraction of sp³-hybridized carbons (Fsp3) is 0.917. The van der Waals surface area contributed by atoms with E-state index in [-0.39, 0.29) is 11.4 Å². The second kappa shape index (κ2) is 6.83. The number of hydrogen-bond donors (Lipinski definition) is 1. The summed E-state index contributed by atoms with van der Waals surface area (Å²) < 4.78 is 5.00. The zero-order chi connectivity index (χ0) is 11.9. The molecule has 0 aromatic heterocycles. The summed E-state index contributed by atoms with van der Waals surface area (Å²) in [5.74, 6) is -0.202. The van der Waals surface area contributed by atoms with Gasteiger partial charge in [0.2, 0.25) is 0 Å². The molecule has 0 rings (SSSR count). The van der Waals surface area contributed by atoms with Gasteiger partial charge in [0.1, 0.15) is 0 Å². The van der Waals surface area contributed by atoms with Crippen LogP contribution in [0.3, 0.4) is 0 Å². The number of aliphatic hydroxyl groups is 1. The molecule has 90 valence electrons. The van der Waals surface area contributed by atoms with E-state index >= 15 is 0 Å². The quantitative estimate of drug-likeness (QED) is 0.548. The molecule has 0 spiro atoms. The molecule has 0 saturated carbocycles. The highest BCUT2D eigenvalue weighted by Crippen LogP contribution is 2.22. The summed E-state index contributed by atoms with van der Waals surface area (Å²) >= 11 is 0. The maximum atomic E-state index is 11.2. The molecule has 0 aliphatic carbocycles. The first kappa shape index (κ1) is 14.4. The molecule has 0 aliphatic rings. The van der Waals surface area contributed by atoms with Gasteiger partial charge in [-0.25, -0.2) is 0 Å². The smallest absolute Gasteiger partial charge is 0.305 e. The molecular weight excluding hydrogens is 192 g/mol. The molecule has 1 unspecified atom stereocenters. The minimum absolute atomic E-state index is 0.163. The van der Waals surface area contributed by atoms with E-state index in [0.29, 0.717) is 19.4 Å². The molecule has 0 aliphatic heterocycles. The van der Waals surface area contributed by atoms with Gasteiger partial charge in [0.05, 0.1) is 12.7 Å². The maximum absolute atomic E-state index is 11.2. The average Bonchev–Trinajstić information content (AvgIpc) is 2.13. The number of esters is 1. The molecule has 0 amide bonds. The maximum Gasteiger partial charge on any atom is 0.305 e. The lowest BCUT2D eigenvalue weighted by Crippen LogP contribution is -2.26. The Bertz CT molecular complexity index is 182. The third-order valence-electron chi connectivity index (χ3n) is 2.38. The largest absolute Gasteiger partial charge is 0.466 e. The van der Waals surface area contributed by atoms with Gasteiger partial charge in [0, 0.05) is 6.42 Å². The van der Waals surface area contributed by atoms with E-state index in [1.165, 1.54) is 0 Å². The number of carbonyl (C=O) groups excluding carboxylic acids is 1. The molecule has 0 radical (unpaired) electrons. The van der Waals surface area contributed by atoms with Crippen molar-refractivity contribution in [3.63, 3.8) is 0 Å². The van der Waals surface area contributed by atoms with Crippen molar-refractivity contribution in [3.05, 3.63) is 0 Å². The van der Waals surface area contributed by atoms with E-state index in [1.54, 1.807) is 0 Å². The van der Waals surface area contributed by atoms with E-state index in [2.05, 4.69) is 6.92 Å². The zero-order valence-electron chi connectivity index (χ0n) is 10.4. The molecule has 0 bridgehead atoms. The van der Waals surface area contributed by atoms with Gasteiger partial charge in [-0.3, -0.25) is 4.79 Å². The van der Waals surface area contributed by atoms with Gasteiger partial charge in [-0.15, -0.1) is 0 Å². The second-order valence-electron chi connectivity index (χ2n) is 4.99. The van der Waals surface area contributed by atoms with Gasteiger partial charge in [0.25, 0.3) is 0 Å². The lowest BCUT2D eigenvalue weighted by Gasteiger charge is -2.25. The zero-order valence-corrected chi connectivity index (χ0v) is 10.4. The van der Waals surface area contributed by atoms with Crippen LogP contribution in [0.25, 0.3) is 0 Å². The van der Waals surface area contributed by atoms with Crippen molar-refractivity contribution in [2.75, 3.05) is 6.61 Å². The van der Waals surface area contributed by atoms with Gasteiger partial charge in [0.15, 0.2) is 0 Å². The summed E-state index contributed by atoms with van der Waals surface area (Å²) in [5.41, 5.74) is -0.163. The molecule has 0 fully saturated rings. The van der Waals surface area contributed by atoms with Crippen LogP contribution in [-0.4, -0.2) is 23.8 Å². The minimum atomic E-state index is -0.448. The van der Waals surface area contributed by atoms with E-state index < -0.39 is 6.10 Å². The lowest BCUT2D eigenvalue weighted by atomic mass is 9.86. The van der Waals surface area contributed by atoms with Crippen molar-refractivity contribution in [1.29, 1.82) is 0 Å². The van der Waals surface area contributed by atoms with Crippen molar-refractivity contribution in [2.24, 2.45) is 5.41 Å². The summed E-state index contributed by atoms with van der Waals surface area (Å²) in [6.07, 6.45) is 2.28. The van der Waals surface area contributed by atoms with Crippen LogP contribution in [0.15, 0.2) is 0 Å². The topological polar surface area (TPSA) is 46.5 Å². The predicted octanol–water partition coefficient (Wildman–Crippen LogP) is 2.52. The SMILES string of the molecule is CCCCOC(=O)CCC(O)C(C)(C)C. The molecule has 0 aromatic carbocycles. The van der Waals surface area contributed by atoms with Crippen LogP contribution in [0, 0.1) is 5.41 Å². The second-order valence-corrected chi connectivity index (χ2v) is 4.99. The van der Waals surface area contributed by atoms with Gasteiger partial charge in [-0.1, -0.05) is 34.1 Å². The van der Waals surface area contributed by atoms with Crippen molar-refractivity contribution in [1.82, 2.24) is 0 Å². The number of rotatable bonds is 6. The Morgan fingerprint density at radius 2 is 2.00 bits per heavy atom. The summed E-state index contributed by atoms with van der Waals surface area (Å²) in [4.78, 5) is 11.2. The molecule has 0 saturated heterocycles. The molecule has 3 heteroatoms. The van der Waals surface area contributed by atoms with Gasteiger partial charge < -0.3 is 9.84 Å². The van der Waals surface area contributed by atoms with Crippen LogP contribution >= 0.6 is 0 Å². The summed E-state index contributed by atoms with van der Waals surface area (Å²) in [6.45, 7) is 8.43. The third-order valence-corrected chi connectivity index (χ3v) is 2.38. The van der Waals surface area contributed by atoms with Gasteiger partial charge in [-0.05, 0) is 18.3 Å². The standard InChI is InChI=1S/C12H24O3/c1-5-6-9-15-11(14)8-7-10(13)12(2,3)4/h10,13H,5-9H2,1-4H3. The molecule has 3 nitrogen and oxygen atoms in total. The lowest BCUT2D eigenvalue weighted by molar-refractivity contribution is -0.144. The van der Waals surface area contributed by atoms with Crippen LogP contribution in [0.2, 0.25) is 0 Å². The number of unbranched alkanes of at least 4 members (excludes halogenated alkanes) is 1. The van der Waals surface area contributed by atoms with Crippen LogP contribution in [-0.2, 0) is 9.53 Å². The van der Waals surface area contributed by atoms with E-state index in [0.717, 1.165) is 12.8 Å². The highest BCUT2D eigenvalue weighted by Gasteiger charge is 2.22. The summed E-state index contributed by atoms with van der Waals surface area (Å²) in [6, 6.07) is 0. The van der Waals surface area contributed by atoms with E-state index in [1.807, 2.05) is 20.8 Å². The number of hydrogen-bond acceptors (Lipinski definition) is 3. The molecular formula is C12H24O3. The van der Waals surface area contributed by atoms with E-state index in [4.69, 9.17) is 4.74 Å². The van der Waals surface area contributed by atoms with Crippen molar-refractivity contribution in [3.8, 4) is 0 Å². The fourth-order valence-electron chi connectivity index (χ4n) is 1.09. The van der Waals surface area contributed by atoms with Crippen LogP contribution < -0.4 is 0 Å². The molecule has 0 heterocycles. The Labute approximate surface area is 92.8 Å². The van der Waals surface area contributed by atoms with Crippen LogP contribution in [0.1, 0.15) is 53.4 Å². The monoisotopic (exact) mass is 216 g/mol. The first-order chi connectivity index (χ1) is 6.88. The number of carbonyl (C=O) groups is 1. The number of aliphatic hydroxyl groups excluding tert-OH is 1. The summed E-state index contributed by atoms with van der Waals surface area (Å²) in [5, 5.41) is 9.70. The molecule has 1 N–H and O–H groups in total. The fourth-order valence-corrected chi connectivity index (χ4v) is 1.09. The van der Waals surface area contributed by atoms with E-state index in [9.17, 15) is 9.90 Å². The van der Waals surface area contributed by atoms with Crippen LogP contribution in [0.4, 0.5) is 0 Å². The average molecular weight is 216 g/mol.